The number of benzene rings is 2. The van der Waals surface area contributed by atoms with Crippen molar-refractivity contribution in [2.45, 2.75) is 33.3 Å². The number of methoxy groups -OCH3 is 1. The first-order chi connectivity index (χ1) is 16.3. The molecule has 8 nitrogen and oxygen atoms in total. The number of carboxylic acids is 1. The second-order valence-electron chi connectivity index (χ2n) is 6.47. The molecule has 3 aromatic rings. The van der Waals surface area contributed by atoms with Gasteiger partial charge in [0.05, 0.1) is 30.2 Å². The van der Waals surface area contributed by atoms with E-state index in [9.17, 15) is 14.3 Å². The number of aliphatic hydroxyl groups is 1. The molecule has 3 N–H and O–H groups in total. The third-order valence-corrected chi connectivity index (χ3v) is 4.23. The van der Waals surface area contributed by atoms with E-state index < -0.39 is 24.3 Å². The number of allylic oxidation sites excluding steroid dienone is 1. The van der Waals surface area contributed by atoms with Crippen LogP contribution in [0.15, 0.2) is 49.3 Å². The highest BCUT2D eigenvalue weighted by molar-refractivity contribution is 6.31. The largest absolute Gasteiger partial charge is 0.493 e. The number of halogens is 2. The smallest absolute Gasteiger partial charge is 0.306 e. The minimum absolute atomic E-state index is 0.0357. The summed E-state index contributed by atoms with van der Waals surface area (Å²) in [5.74, 6) is -0.625. The van der Waals surface area contributed by atoms with Crippen LogP contribution in [0.5, 0.6) is 11.5 Å². The number of carbonyl (C=O) groups is 1. The normalized spacial score (nSPS) is 10.7. The third kappa shape index (κ3) is 8.49. The van der Waals surface area contributed by atoms with Crippen molar-refractivity contribution in [2.24, 2.45) is 0 Å². The van der Waals surface area contributed by atoms with Gasteiger partial charge in [0.25, 0.3) is 0 Å². The molecule has 1 atom stereocenters. The quantitative estimate of drug-likeness (QED) is 0.347. The number of rotatable bonds is 8. The van der Waals surface area contributed by atoms with Gasteiger partial charge in [-0.1, -0.05) is 31.5 Å². The Morgan fingerprint density at radius 2 is 1.94 bits per heavy atom. The molecule has 1 aromatic heterocycles. The molecule has 0 radical (unpaired) electrons. The molecule has 0 aliphatic rings. The standard InChI is InChI=1S/C19H17ClFN3O5.C3H6.C2H6/c1-28-16-7-15-12(6-17(16)29-8-11(25)5-18(26)27)19(23-9-22-15)24-10-2-3-14(21)13(20)4-10;1-3-2;1-2/h2-4,6-7,9,11,25H,5,8H2,1H3,(H,26,27)(H,22,23,24);3H,1H2,2H3;1-2H3. The summed E-state index contributed by atoms with van der Waals surface area (Å²) in [7, 11) is 1.45. The fourth-order valence-corrected chi connectivity index (χ4v) is 2.77. The highest BCUT2D eigenvalue weighted by Gasteiger charge is 2.15. The van der Waals surface area contributed by atoms with Gasteiger partial charge in [-0.2, -0.15) is 0 Å². The van der Waals surface area contributed by atoms with Gasteiger partial charge in [-0.15, -0.1) is 6.58 Å². The Morgan fingerprint density at radius 1 is 1.26 bits per heavy atom. The van der Waals surface area contributed by atoms with Gasteiger partial charge in [0.1, 0.15) is 24.6 Å². The molecular weight excluding hydrogens is 465 g/mol. The lowest BCUT2D eigenvalue weighted by molar-refractivity contribution is -0.139. The van der Waals surface area contributed by atoms with E-state index in [0.717, 1.165) is 0 Å². The molecule has 0 amide bonds. The minimum Gasteiger partial charge on any atom is -0.493 e. The van der Waals surface area contributed by atoms with Crippen LogP contribution in [-0.2, 0) is 4.79 Å². The molecule has 0 spiro atoms. The van der Waals surface area contributed by atoms with Crippen molar-refractivity contribution in [3.05, 3.63) is 60.2 Å². The van der Waals surface area contributed by atoms with Crippen molar-refractivity contribution < 1.29 is 28.9 Å². The number of aliphatic carboxylic acids is 1. The van der Waals surface area contributed by atoms with Gasteiger partial charge in [-0.3, -0.25) is 4.79 Å². The molecule has 0 aliphatic carbocycles. The summed E-state index contributed by atoms with van der Waals surface area (Å²) in [5.41, 5.74) is 1.07. The van der Waals surface area contributed by atoms with Crippen LogP contribution in [0, 0.1) is 5.82 Å². The molecule has 34 heavy (non-hydrogen) atoms. The van der Waals surface area contributed by atoms with E-state index in [1.807, 2.05) is 20.8 Å². The Labute approximate surface area is 203 Å². The van der Waals surface area contributed by atoms with E-state index in [-0.39, 0.29) is 17.4 Å². The molecule has 0 aliphatic heterocycles. The average Bonchev–Trinajstić information content (AvgIpc) is 2.81. The number of anilines is 2. The van der Waals surface area contributed by atoms with E-state index in [1.165, 1.54) is 31.6 Å². The number of aliphatic hydroxyl groups excluding tert-OH is 1. The maximum atomic E-state index is 13.4. The van der Waals surface area contributed by atoms with Gasteiger partial charge in [0.15, 0.2) is 11.5 Å². The summed E-state index contributed by atoms with van der Waals surface area (Å²) in [6, 6.07) is 7.40. The van der Waals surface area contributed by atoms with Crippen LogP contribution >= 0.6 is 11.6 Å². The fourth-order valence-electron chi connectivity index (χ4n) is 2.59. The van der Waals surface area contributed by atoms with Crippen molar-refractivity contribution in [3.8, 4) is 11.5 Å². The first-order valence-corrected chi connectivity index (χ1v) is 10.8. The SMILES string of the molecule is C=CC.CC.COc1cc2ncnc(Nc3ccc(F)c(Cl)c3)c2cc1OCC(O)CC(=O)O. The van der Waals surface area contributed by atoms with Crippen LogP contribution in [0.4, 0.5) is 15.9 Å². The summed E-state index contributed by atoms with van der Waals surface area (Å²) in [6.45, 7) is 9.01. The summed E-state index contributed by atoms with van der Waals surface area (Å²) in [5, 5.41) is 22.0. The minimum atomic E-state index is -1.18. The van der Waals surface area contributed by atoms with Crippen molar-refractivity contribution in [2.75, 3.05) is 19.0 Å². The van der Waals surface area contributed by atoms with E-state index in [4.69, 9.17) is 26.2 Å². The van der Waals surface area contributed by atoms with Gasteiger partial charge in [-0.05, 0) is 31.2 Å². The van der Waals surface area contributed by atoms with Gasteiger partial charge in [0, 0.05) is 17.1 Å². The number of nitrogens with one attached hydrogen (secondary N) is 1. The van der Waals surface area contributed by atoms with Crippen molar-refractivity contribution in [1.29, 1.82) is 0 Å². The van der Waals surface area contributed by atoms with Crippen molar-refractivity contribution in [1.82, 2.24) is 9.97 Å². The van der Waals surface area contributed by atoms with E-state index in [0.29, 0.717) is 28.2 Å². The highest BCUT2D eigenvalue weighted by atomic mass is 35.5. The van der Waals surface area contributed by atoms with Crippen LogP contribution in [0.2, 0.25) is 5.02 Å². The van der Waals surface area contributed by atoms with Crippen LogP contribution in [0.3, 0.4) is 0 Å². The number of aromatic nitrogens is 2. The Morgan fingerprint density at radius 3 is 2.53 bits per heavy atom. The number of carboxylic acid groups (broad SMARTS) is 1. The summed E-state index contributed by atoms with van der Waals surface area (Å²) in [4.78, 5) is 19.1. The Kier molecular flexibility index (Phi) is 12.3. The lowest BCUT2D eigenvalue weighted by Gasteiger charge is -2.15. The zero-order valence-corrected chi connectivity index (χ0v) is 20.3. The van der Waals surface area contributed by atoms with Gasteiger partial charge in [-0.25, -0.2) is 14.4 Å². The molecule has 0 bridgehead atoms. The monoisotopic (exact) mass is 493 g/mol. The molecule has 1 unspecified atom stereocenters. The molecular formula is C24H29ClFN3O5. The predicted molar refractivity (Wildman–Crippen MR) is 132 cm³/mol. The molecule has 10 heteroatoms. The third-order valence-electron chi connectivity index (χ3n) is 3.94. The number of ether oxygens (including phenoxy) is 2. The highest BCUT2D eigenvalue weighted by Crippen LogP contribution is 2.35. The number of hydrogen-bond acceptors (Lipinski definition) is 7. The summed E-state index contributed by atoms with van der Waals surface area (Å²) in [6.07, 6.45) is 1.47. The zero-order valence-electron chi connectivity index (χ0n) is 19.5. The Hall–Kier alpha value is -3.43. The molecule has 1 heterocycles. The van der Waals surface area contributed by atoms with Crippen molar-refractivity contribution >= 4 is 40.0 Å². The number of nitrogens with zero attached hydrogens (tertiary/aromatic N) is 2. The maximum absolute atomic E-state index is 13.4. The first kappa shape index (κ1) is 28.6. The molecule has 0 saturated carbocycles. The van der Waals surface area contributed by atoms with Gasteiger partial charge in [0.2, 0.25) is 0 Å². The van der Waals surface area contributed by atoms with E-state index in [2.05, 4.69) is 21.9 Å². The van der Waals surface area contributed by atoms with Gasteiger partial charge < -0.3 is 25.0 Å². The van der Waals surface area contributed by atoms with Crippen molar-refractivity contribution in [3.63, 3.8) is 0 Å². The Bertz CT molecular complexity index is 1100. The van der Waals surface area contributed by atoms with E-state index in [1.54, 1.807) is 18.2 Å². The maximum Gasteiger partial charge on any atom is 0.306 e. The molecule has 0 fully saturated rings. The van der Waals surface area contributed by atoms with Gasteiger partial charge >= 0.3 is 5.97 Å². The Balaban J connectivity index is 0.00000107. The first-order valence-electron chi connectivity index (χ1n) is 10.4. The zero-order chi connectivity index (χ0) is 25.7. The van der Waals surface area contributed by atoms with E-state index >= 15 is 0 Å². The lowest BCUT2D eigenvalue weighted by atomic mass is 10.2. The van der Waals surface area contributed by atoms with Crippen LogP contribution < -0.4 is 14.8 Å². The number of hydrogen-bond donors (Lipinski definition) is 3. The molecule has 184 valence electrons. The topological polar surface area (TPSA) is 114 Å². The van der Waals surface area contributed by atoms with Crippen LogP contribution in [0.25, 0.3) is 10.9 Å². The van der Waals surface area contributed by atoms with Crippen LogP contribution in [0.1, 0.15) is 27.2 Å². The lowest BCUT2D eigenvalue weighted by Crippen LogP contribution is -2.21. The second-order valence-corrected chi connectivity index (χ2v) is 6.87. The number of fused-ring (bicyclic) bond motifs is 1. The molecule has 3 rings (SSSR count). The summed E-state index contributed by atoms with van der Waals surface area (Å²) >= 11 is 5.82. The molecule has 2 aromatic carbocycles. The van der Waals surface area contributed by atoms with Crippen LogP contribution in [-0.4, -0.2) is 46.0 Å². The fraction of sp³-hybridized carbons (Fsp3) is 0.292. The predicted octanol–water partition coefficient (Wildman–Crippen LogP) is 5.61. The average molecular weight is 494 g/mol. The summed E-state index contributed by atoms with van der Waals surface area (Å²) < 4.78 is 24.2. The second kappa shape index (κ2) is 14.7. The molecule has 0 saturated heterocycles.